The van der Waals surface area contributed by atoms with Gasteiger partial charge in [0.2, 0.25) is 11.8 Å². The molecule has 0 spiro atoms. The van der Waals surface area contributed by atoms with Crippen molar-refractivity contribution in [2.24, 2.45) is 28.6 Å². The maximum atomic E-state index is 14.5. The van der Waals surface area contributed by atoms with E-state index in [-0.39, 0.29) is 64.0 Å². The minimum Gasteiger partial charge on any atom is -0.459 e. The number of hydrogen-bond donors (Lipinski definition) is 2. The fraction of sp³-hybridized carbons (Fsp3) is 0.718. The van der Waals surface area contributed by atoms with Crippen LogP contribution < -0.4 is 10.1 Å². The molecule has 13 heteroatoms. The third-order valence-electron chi connectivity index (χ3n) is 10.8. The number of nitrogens with one attached hydrogen (secondary N) is 2. The number of ether oxygens (including phenoxy) is 4. The van der Waals surface area contributed by atoms with Crippen molar-refractivity contribution in [1.29, 1.82) is 0 Å². The number of fused-ring (bicyclic) bond motifs is 1. The molecule has 0 bridgehead atoms. The maximum absolute atomic E-state index is 14.5. The number of carbonyl (C=O) groups excluding carboxylic acids is 3. The van der Waals surface area contributed by atoms with Crippen molar-refractivity contribution in [2.75, 3.05) is 33.4 Å². The van der Waals surface area contributed by atoms with Gasteiger partial charge in [-0.1, -0.05) is 60.1 Å². The summed E-state index contributed by atoms with van der Waals surface area (Å²) in [4.78, 5) is 51.2. The van der Waals surface area contributed by atoms with E-state index in [1.54, 1.807) is 7.11 Å². The predicted octanol–water partition coefficient (Wildman–Crippen LogP) is 7.06. The summed E-state index contributed by atoms with van der Waals surface area (Å²) in [6.07, 6.45) is 4.64. The number of esters is 1. The Kier molecular flexibility index (Phi) is 11.8. The van der Waals surface area contributed by atoms with Crippen LogP contribution in [0.3, 0.4) is 0 Å². The van der Waals surface area contributed by atoms with Crippen LogP contribution in [0.1, 0.15) is 117 Å². The number of H-pyrrole nitrogens is 1. The molecule has 3 fully saturated rings. The minimum atomic E-state index is -0.672. The number of amides is 2. The summed E-state index contributed by atoms with van der Waals surface area (Å²) in [6, 6.07) is -0.267. The molecule has 3 heterocycles. The Hall–Kier alpha value is -3.89. The van der Waals surface area contributed by atoms with Crippen LogP contribution in [0.25, 0.3) is 10.5 Å². The van der Waals surface area contributed by atoms with Crippen LogP contribution in [0.15, 0.2) is 11.6 Å². The molecule has 13 nitrogen and oxygen atoms in total. The highest BCUT2D eigenvalue weighted by atomic mass is 16.6. The van der Waals surface area contributed by atoms with E-state index >= 15 is 0 Å². The van der Waals surface area contributed by atoms with E-state index in [2.05, 4.69) is 62.9 Å². The summed E-state index contributed by atoms with van der Waals surface area (Å²) < 4.78 is 25.1. The van der Waals surface area contributed by atoms with Gasteiger partial charge < -0.3 is 29.2 Å². The average Bonchev–Trinajstić information content (AvgIpc) is 3.62. The van der Waals surface area contributed by atoms with E-state index in [9.17, 15) is 14.4 Å². The lowest BCUT2D eigenvalue weighted by molar-refractivity contribution is -0.130. The van der Waals surface area contributed by atoms with E-state index < -0.39 is 23.6 Å². The van der Waals surface area contributed by atoms with Crippen molar-refractivity contribution in [3.05, 3.63) is 34.5 Å². The van der Waals surface area contributed by atoms with Gasteiger partial charge in [0.1, 0.15) is 17.5 Å². The zero-order chi connectivity index (χ0) is 38.1. The Morgan fingerprint density at radius 1 is 1.06 bits per heavy atom. The van der Waals surface area contributed by atoms with Gasteiger partial charge in [-0.2, -0.15) is 0 Å². The first-order valence-electron chi connectivity index (χ1n) is 18.7. The Morgan fingerprint density at radius 2 is 1.75 bits per heavy atom. The molecule has 2 aliphatic carbocycles. The fourth-order valence-electron chi connectivity index (χ4n) is 8.01. The van der Waals surface area contributed by atoms with E-state index in [1.165, 1.54) is 9.42 Å². The highest BCUT2D eigenvalue weighted by Gasteiger charge is 2.45. The van der Waals surface area contributed by atoms with Gasteiger partial charge >= 0.3 is 12.1 Å². The van der Waals surface area contributed by atoms with Crippen LogP contribution in [0.5, 0.6) is 5.88 Å². The van der Waals surface area contributed by atoms with E-state index in [1.807, 2.05) is 20.8 Å². The molecule has 2 aromatic rings. The average molecular weight is 723 g/mol. The summed E-state index contributed by atoms with van der Waals surface area (Å²) in [5.41, 5.74) is 0.415. The highest BCUT2D eigenvalue weighted by molar-refractivity contribution is 6.05. The number of carbonyl (C=O) groups is 3. The lowest BCUT2D eigenvalue weighted by Crippen LogP contribution is -2.50. The SMILES string of the molecule is [C-]#[N+]c1c(C(=O)OC2C(C=C(C)C)CC(C)CC2C(C)(C)C)c2nc(C3CCC(OC)C(NC(=O)C(C)(C)C)C3)[nH]n2c1OC(=O)N1CCOCC1. The second kappa shape index (κ2) is 15.6. The first-order valence-corrected chi connectivity index (χ1v) is 18.7. The number of aromatic nitrogens is 3. The molecule has 1 saturated heterocycles. The summed E-state index contributed by atoms with van der Waals surface area (Å²) in [6.45, 7) is 28.1. The monoisotopic (exact) mass is 722 g/mol. The van der Waals surface area contributed by atoms with Gasteiger partial charge in [0.05, 0.1) is 31.9 Å². The second-order valence-corrected chi connectivity index (χ2v) is 17.3. The van der Waals surface area contributed by atoms with E-state index in [0.29, 0.717) is 57.3 Å². The standard InChI is InChI=1S/C39H58N6O7/c1-22(2)18-25-19-23(3)20-26(38(4,5)6)31(25)51-35(46)29-30(40-10)34(52-37(48)44-14-16-50-17-15-44)45-33(29)42-32(43-45)24-12-13-28(49-11)27(21-24)41-36(47)39(7,8)9/h18,23-28,31H,12-17,19-21H2,1-9,11H3,(H,41,47)(H,42,43). The van der Waals surface area contributed by atoms with Gasteiger partial charge in [-0.15, -0.1) is 0 Å². The van der Waals surface area contributed by atoms with Crippen LogP contribution >= 0.6 is 0 Å². The molecule has 3 aliphatic rings. The summed E-state index contributed by atoms with van der Waals surface area (Å²) in [5, 5.41) is 6.45. The zero-order valence-electron chi connectivity index (χ0n) is 32.6. The minimum absolute atomic E-state index is 0.000922. The predicted molar refractivity (Wildman–Crippen MR) is 196 cm³/mol. The molecule has 0 radical (unpaired) electrons. The molecule has 7 unspecified atom stereocenters. The number of nitrogens with zero attached hydrogens (tertiary/aromatic N) is 4. The van der Waals surface area contributed by atoms with Crippen LogP contribution in [-0.4, -0.2) is 89.1 Å². The molecule has 286 valence electrons. The van der Waals surface area contributed by atoms with Crippen LogP contribution in [0, 0.1) is 35.2 Å². The number of morpholine rings is 1. The molecular formula is C39H58N6O7. The lowest BCUT2D eigenvalue weighted by atomic mass is 9.64. The molecule has 0 aromatic carbocycles. The Bertz CT molecular complexity index is 1700. The van der Waals surface area contributed by atoms with Gasteiger partial charge in [0.25, 0.3) is 5.69 Å². The first-order chi connectivity index (χ1) is 24.4. The molecule has 2 amide bonds. The topological polar surface area (TPSA) is 141 Å². The highest BCUT2D eigenvalue weighted by Crippen LogP contribution is 2.47. The molecule has 7 atom stereocenters. The van der Waals surface area contributed by atoms with Crippen molar-refractivity contribution in [1.82, 2.24) is 24.8 Å². The van der Waals surface area contributed by atoms with Gasteiger partial charge in [-0.05, 0) is 57.3 Å². The number of allylic oxidation sites excluding steroid dienone is 1. The number of methoxy groups -OCH3 is 1. The Morgan fingerprint density at radius 3 is 2.35 bits per heavy atom. The lowest BCUT2D eigenvalue weighted by Gasteiger charge is -2.45. The Labute approximate surface area is 307 Å². The quantitative estimate of drug-likeness (QED) is 0.176. The zero-order valence-corrected chi connectivity index (χ0v) is 32.6. The summed E-state index contributed by atoms with van der Waals surface area (Å²) in [5.74, 6) is 0.0670. The van der Waals surface area contributed by atoms with Crippen LogP contribution in [-0.2, 0) is 19.0 Å². The number of aromatic amines is 1. The molecule has 2 N–H and O–H groups in total. The largest absolute Gasteiger partial charge is 0.459 e. The number of hydrogen-bond acceptors (Lipinski definition) is 8. The molecule has 5 rings (SSSR count). The molecule has 52 heavy (non-hydrogen) atoms. The van der Waals surface area contributed by atoms with Gasteiger partial charge in [-0.25, -0.2) is 23.9 Å². The van der Waals surface area contributed by atoms with Gasteiger partial charge in [0.15, 0.2) is 5.65 Å². The third kappa shape index (κ3) is 8.49. The Balaban J connectivity index is 1.56. The third-order valence-corrected chi connectivity index (χ3v) is 10.8. The van der Waals surface area contributed by atoms with E-state index in [0.717, 1.165) is 18.4 Å². The van der Waals surface area contributed by atoms with E-state index in [4.69, 9.17) is 30.5 Å². The van der Waals surface area contributed by atoms with Gasteiger partial charge in [0, 0.05) is 43.4 Å². The molecular weight excluding hydrogens is 664 g/mol. The van der Waals surface area contributed by atoms with Crippen molar-refractivity contribution in [3.8, 4) is 5.88 Å². The molecule has 2 saturated carbocycles. The van der Waals surface area contributed by atoms with Crippen molar-refractivity contribution >= 4 is 29.3 Å². The first kappa shape index (κ1) is 39.3. The second-order valence-electron chi connectivity index (χ2n) is 17.3. The smallest absolute Gasteiger partial charge is 0.415 e. The molecule has 1 aliphatic heterocycles. The van der Waals surface area contributed by atoms with Crippen molar-refractivity contribution in [2.45, 2.75) is 119 Å². The maximum Gasteiger partial charge on any atom is 0.415 e. The van der Waals surface area contributed by atoms with Crippen molar-refractivity contribution in [3.63, 3.8) is 0 Å². The number of rotatable bonds is 7. The summed E-state index contributed by atoms with van der Waals surface area (Å²) >= 11 is 0. The van der Waals surface area contributed by atoms with Crippen LogP contribution in [0.4, 0.5) is 10.5 Å². The summed E-state index contributed by atoms with van der Waals surface area (Å²) in [7, 11) is 1.65. The fourth-order valence-corrected chi connectivity index (χ4v) is 8.01. The molecule has 2 aromatic heterocycles. The van der Waals surface area contributed by atoms with Gasteiger partial charge in [-0.3, -0.25) is 9.89 Å². The normalized spacial score (nSPS) is 27.1. The van der Waals surface area contributed by atoms with Crippen LogP contribution in [0.2, 0.25) is 0 Å². The van der Waals surface area contributed by atoms with Crippen molar-refractivity contribution < 1.29 is 33.3 Å².